The van der Waals surface area contributed by atoms with Crippen LogP contribution in [0.4, 0.5) is 21.9 Å². The van der Waals surface area contributed by atoms with Gasteiger partial charge in [0.2, 0.25) is 5.91 Å². The summed E-state index contributed by atoms with van der Waals surface area (Å²) in [5, 5.41) is 2.62. The minimum absolute atomic E-state index is 0.0227. The molecule has 1 spiro atoms. The molecule has 2 fully saturated rings. The molecule has 0 atom stereocenters. The molecule has 0 radical (unpaired) electrons. The van der Waals surface area contributed by atoms with E-state index in [2.05, 4.69) is 10.2 Å². The third-order valence-corrected chi connectivity index (χ3v) is 6.49. The molecule has 2 aromatic carbocycles. The van der Waals surface area contributed by atoms with Crippen LogP contribution in [0.3, 0.4) is 0 Å². The number of amides is 4. The van der Waals surface area contributed by atoms with Gasteiger partial charge in [0.05, 0.1) is 12.3 Å². The maximum atomic E-state index is 13.5. The summed E-state index contributed by atoms with van der Waals surface area (Å²) in [6.07, 6.45) is 4.17. The number of benzene rings is 2. The van der Waals surface area contributed by atoms with E-state index in [1.165, 1.54) is 4.90 Å². The largest absolute Gasteiger partial charge is 0.359 e. The Bertz CT molecular complexity index is 1110. The lowest BCUT2D eigenvalue weighted by Crippen LogP contribution is -2.55. The van der Waals surface area contributed by atoms with Crippen LogP contribution in [0.1, 0.15) is 43.2 Å². The topological polar surface area (TPSA) is 74.1 Å². The third kappa shape index (κ3) is 3.52. The van der Waals surface area contributed by atoms with E-state index in [1.807, 2.05) is 31.2 Å². The van der Waals surface area contributed by atoms with Crippen LogP contribution in [0.25, 0.3) is 4.85 Å². The molecule has 0 bridgehead atoms. The highest BCUT2D eigenvalue weighted by molar-refractivity contribution is 6.30. The number of nitrogens with one attached hydrogen (secondary N) is 1. The van der Waals surface area contributed by atoms with Crippen molar-refractivity contribution in [1.82, 2.24) is 5.32 Å². The van der Waals surface area contributed by atoms with E-state index < -0.39 is 5.54 Å². The fourth-order valence-electron chi connectivity index (χ4n) is 4.50. The number of anilines is 2. The molecule has 0 unspecified atom stereocenters. The molecule has 2 aliphatic rings. The van der Waals surface area contributed by atoms with Crippen molar-refractivity contribution in [3.05, 3.63) is 65.0 Å². The molecule has 0 aromatic heterocycles. The predicted molar refractivity (Wildman–Crippen MR) is 123 cm³/mol. The number of hydrogen-bond acceptors (Lipinski definition) is 3. The zero-order chi connectivity index (χ0) is 22.9. The summed E-state index contributed by atoms with van der Waals surface area (Å²) in [5.41, 5.74) is 2.71. The highest BCUT2D eigenvalue weighted by Gasteiger charge is 2.61. The maximum Gasteiger partial charge on any atom is 0.336 e. The van der Waals surface area contributed by atoms with Crippen molar-refractivity contribution in [2.24, 2.45) is 0 Å². The number of nitrogens with zero attached hydrogens (tertiary/aromatic N) is 3. The number of urea groups is 1. The Morgan fingerprint density at radius 3 is 2.38 bits per heavy atom. The minimum Gasteiger partial charge on any atom is -0.359 e. The fourth-order valence-corrected chi connectivity index (χ4v) is 4.50. The van der Waals surface area contributed by atoms with Gasteiger partial charge in [0.25, 0.3) is 5.91 Å². The second-order valence-electron chi connectivity index (χ2n) is 8.42. The second kappa shape index (κ2) is 8.46. The highest BCUT2D eigenvalue weighted by atomic mass is 16.2. The molecular formula is C25H26N4O3. The van der Waals surface area contributed by atoms with Gasteiger partial charge < -0.3 is 5.32 Å². The summed E-state index contributed by atoms with van der Waals surface area (Å²) in [6.45, 7) is 9.04. The van der Waals surface area contributed by atoms with Crippen molar-refractivity contribution in [2.75, 3.05) is 16.8 Å². The number of hydrogen-bond donors (Lipinski definition) is 1. The highest BCUT2D eigenvalue weighted by Crippen LogP contribution is 2.47. The van der Waals surface area contributed by atoms with Crippen molar-refractivity contribution in [3.63, 3.8) is 0 Å². The van der Waals surface area contributed by atoms with Crippen LogP contribution < -0.4 is 15.1 Å². The Balaban J connectivity index is 1.59. The smallest absolute Gasteiger partial charge is 0.336 e. The van der Waals surface area contributed by atoms with Gasteiger partial charge in [0, 0.05) is 19.2 Å². The fraction of sp³-hybridized carbons (Fsp3) is 0.360. The predicted octanol–water partition coefficient (Wildman–Crippen LogP) is 4.51. The summed E-state index contributed by atoms with van der Waals surface area (Å²) in [6, 6.07) is 12.4. The van der Waals surface area contributed by atoms with Crippen molar-refractivity contribution in [2.45, 2.75) is 51.0 Å². The Hall–Kier alpha value is -3.66. The van der Waals surface area contributed by atoms with Gasteiger partial charge in [-0.2, -0.15) is 0 Å². The first-order valence-electron chi connectivity index (χ1n) is 10.9. The van der Waals surface area contributed by atoms with E-state index in [9.17, 15) is 14.4 Å². The first-order valence-corrected chi connectivity index (χ1v) is 10.9. The van der Waals surface area contributed by atoms with Crippen LogP contribution in [0.2, 0.25) is 0 Å². The van der Waals surface area contributed by atoms with E-state index in [4.69, 9.17) is 6.57 Å². The van der Waals surface area contributed by atoms with Gasteiger partial charge in [-0.1, -0.05) is 18.2 Å². The molecule has 4 rings (SSSR count). The molecule has 7 heteroatoms. The monoisotopic (exact) mass is 430 g/mol. The molecule has 1 N–H and O–H groups in total. The number of imide groups is 1. The summed E-state index contributed by atoms with van der Waals surface area (Å²) in [5.74, 6) is -0.173. The van der Waals surface area contributed by atoms with E-state index in [0.29, 0.717) is 36.3 Å². The number of rotatable bonds is 6. The van der Waals surface area contributed by atoms with Gasteiger partial charge >= 0.3 is 6.03 Å². The zero-order valence-electron chi connectivity index (χ0n) is 18.4. The molecule has 1 saturated carbocycles. The van der Waals surface area contributed by atoms with Crippen LogP contribution in [0.15, 0.2) is 42.5 Å². The van der Waals surface area contributed by atoms with Gasteiger partial charge in [-0.3, -0.25) is 14.5 Å². The molecule has 7 nitrogen and oxygen atoms in total. The molecule has 1 aliphatic heterocycles. The van der Waals surface area contributed by atoms with Gasteiger partial charge in [0.1, 0.15) is 5.54 Å². The van der Waals surface area contributed by atoms with Crippen molar-refractivity contribution in [1.29, 1.82) is 0 Å². The Morgan fingerprint density at radius 1 is 1.12 bits per heavy atom. The molecular weight excluding hydrogens is 404 g/mol. The lowest BCUT2D eigenvalue weighted by molar-refractivity contribution is -0.124. The van der Waals surface area contributed by atoms with E-state index >= 15 is 0 Å². The third-order valence-electron chi connectivity index (χ3n) is 6.49. The first-order chi connectivity index (χ1) is 15.4. The maximum absolute atomic E-state index is 13.5. The van der Waals surface area contributed by atoms with Gasteiger partial charge in [-0.05, 0) is 74.4 Å². The van der Waals surface area contributed by atoms with Crippen LogP contribution >= 0.6 is 0 Å². The minimum atomic E-state index is -0.829. The standard InChI is InChI=1S/C25H26N4O3/c1-17-16-20(12-13-21(17)26-2)28-23(31)25(14-5-15-25)29(24(28)32)19-10-8-18(9-11-19)6-4-7-22(30)27-3/h8-13,16H,4-7,14-15H2,1,3H3,(H,27,30). The van der Waals surface area contributed by atoms with E-state index in [-0.39, 0.29) is 17.8 Å². The van der Waals surface area contributed by atoms with Gasteiger partial charge in [0.15, 0.2) is 5.69 Å². The summed E-state index contributed by atoms with van der Waals surface area (Å²) < 4.78 is 0. The van der Waals surface area contributed by atoms with Gasteiger partial charge in [-0.25, -0.2) is 14.5 Å². The first kappa shape index (κ1) is 21.6. The summed E-state index contributed by atoms with van der Waals surface area (Å²) in [7, 11) is 1.63. The normalized spacial score (nSPS) is 16.8. The van der Waals surface area contributed by atoms with Crippen LogP contribution in [-0.4, -0.2) is 30.4 Å². The van der Waals surface area contributed by atoms with Crippen molar-refractivity contribution < 1.29 is 14.4 Å². The van der Waals surface area contributed by atoms with Crippen LogP contribution in [0, 0.1) is 13.5 Å². The van der Waals surface area contributed by atoms with E-state index in [0.717, 1.165) is 30.4 Å². The molecule has 4 amide bonds. The van der Waals surface area contributed by atoms with Crippen LogP contribution in [0.5, 0.6) is 0 Å². The molecule has 164 valence electrons. The molecule has 1 heterocycles. The van der Waals surface area contributed by atoms with Crippen LogP contribution in [-0.2, 0) is 16.0 Å². The Kier molecular flexibility index (Phi) is 5.70. The Labute approximate surface area is 187 Å². The molecule has 2 aromatic rings. The average molecular weight is 431 g/mol. The number of carbonyl (C=O) groups excluding carboxylic acids is 3. The van der Waals surface area contributed by atoms with Gasteiger partial charge in [-0.15, -0.1) is 0 Å². The lowest BCUT2D eigenvalue weighted by Gasteiger charge is -2.42. The summed E-state index contributed by atoms with van der Waals surface area (Å²) >= 11 is 0. The molecule has 1 saturated heterocycles. The van der Waals surface area contributed by atoms with Crippen molar-refractivity contribution >= 4 is 34.9 Å². The average Bonchev–Trinajstić information content (AvgIpc) is 3.00. The van der Waals surface area contributed by atoms with E-state index in [1.54, 1.807) is 30.1 Å². The molecule has 1 aliphatic carbocycles. The quantitative estimate of drug-likeness (QED) is 0.541. The molecule has 32 heavy (non-hydrogen) atoms. The van der Waals surface area contributed by atoms with Crippen molar-refractivity contribution in [3.8, 4) is 0 Å². The number of carbonyl (C=O) groups is 3. The second-order valence-corrected chi connectivity index (χ2v) is 8.42. The lowest BCUT2D eigenvalue weighted by atomic mass is 9.75. The zero-order valence-corrected chi connectivity index (χ0v) is 18.4. The Morgan fingerprint density at radius 2 is 1.81 bits per heavy atom. The SMILES string of the molecule is [C-]#[N+]c1ccc(N2C(=O)N(c3ccc(CCCC(=O)NC)cc3)C3(CCC3)C2=O)cc1C. The summed E-state index contributed by atoms with van der Waals surface area (Å²) in [4.78, 5) is 44.7. The number of aryl methyl sites for hydroxylation is 2.